The number of aromatic nitrogens is 3. The second-order valence-electron chi connectivity index (χ2n) is 7.37. The van der Waals surface area contributed by atoms with Crippen LogP contribution in [-0.4, -0.2) is 64.3 Å². The molecule has 0 spiro atoms. The lowest BCUT2D eigenvalue weighted by Crippen LogP contribution is -2.19. The Hall–Kier alpha value is -2.77. The van der Waals surface area contributed by atoms with Crippen molar-refractivity contribution in [2.75, 3.05) is 39.1 Å². The molecule has 2 aromatic heterocycles. The minimum atomic E-state index is 0.00678. The highest BCUT2D eigenvalue weighted by Crippen LogP contribution is 2.41. The van der Waals surface area contributed by atoms with Gasteiger partial charge in [0, 0.05) is 54.3 Å². The van der Waals surface area contributed by atoms with Crippen molar-refractivity contribution in [3.05, 3.63) is 41.7 Å². The Kier molecular flexibility index (Phi) is 5.11. The zero-order valence-electron chi connectivity index (χ0n) is 16.3. The number of aliphatic hydroxyl groups is 1. The maximum absolute atomic E-state index is 13.3. The smallest absolute Gasteiger partial charge is 0.196 e. The van der Waals surface area contributed by atoms with Crippen molar-refractivity contribution in [1.82, 2.24) is 19.7 Å². The predicted molar refractivity (Wildman–Crippen MR) is 110 cm³/mol. The average Bonchev–Trinajstić information content (AvgIpc) is 3.07. The van der Waals surface area contributed by atoms with Gasteiger partial charge in [0.1, 0.15) is 5.69 Å². The lowest BCUT2D eigenvalue weighted by Gasteiger charge is -2.18. The van der Waals surface area contributed by atoms with Crippen LogP contribution in [0.5, 0.6) is 0 Å². The number of likely N-dealkylation sites (N-methyl/N-ethyl adjacent to an activating group) is 1. The Morgan fingerprint density at radius 1 is 1.18 bits per heavy atom. The standard InChI is InChI=1S/C21H25N5O2/c1-25(2)10-11-26-17-6-5-16(23-8-3-4-12-27)18-19(17)20(24-26)15-13-22-9-7-14(15)21(18)28/h5-7,9,13,23,27H,3-4,8,10-12H2,1-2H3. The fourth-order valence-corrected chi connectivity index (χ4v) is 3.68. The van der Waals surface area contributed by atoms with E-state index in [4.69, 9.17) is 10.2 Å². The molecule has 0 bridgehead atoms. The lowest BCUT2D eigenvalue weighted by molar-refractivity contribution is 0.104. The molecule has 1 aliphatic rings. The van der Waals surface area contributed by atoms with E-state index in [9.17, 15) is 4.79 Å². The fourth-order valence-electron chi connectivity index (χ4n) is 3.68. The number of anilines is 1. The summed E-state index contributed by atoms with van der Waals surface area (Å²) in [5.74, 6) is 0.00678. The van der Waals surface area contributed by atoms with Crippen molar-refractivity contribution >= 4 is 22.4 Å². The predicted octanol–water partition coefficient (Wildman–Crippen LogP) is 2.39. The molecular weight excluding hydrogens is 354 g/mol. The van der Waals surface area contributed by atoms with Crippen LogP contribution in [-0.2, 0) is 6.54 Å². The van der Waals surface area contributed by atoms with Crippen molar-refractivity contribution in [2.45, 2.75) is 19.4 Å². The number of hydrogen-bond acceptors (Lipinski definition) is 6. The first-order chi connectivity index (χ1) is 13.6. The minimum absolute atomic E-state index is 0.00678. The number of rotatable bonds is 8. The lowest BCUT2D eigenvalue weighted by atomic mass is 9.87. The number of carbonyl (C=O) groups excluding carboxylic acids is 1. The van der Waals surface area contributed by atoms with Gasteiger partial charge in [0.2, 0.25) is 0 Å². The molecule has 0 fully saturated rings. The van der Waals surface area contributed by atoms with Crippen LogP contribution in [0.1, 0.15) is 28.8 Å². The highest BCUT2D eigenvalue weighted by molar-refractivity contribution is 6.27. The highest BCUT2D eigenvalue weighted by Gasteiger charge is 2.31. The quantitative estimate of drug-likeness (QED) is 0.458. The SMILES string of the molecule is CN(C)CCn1nc2c3c(c(NCCCCO)ccc31)C(=O)c1ccncc1-2. The highest BCUT2D eigenvalue weighted by atomic mass is 16.2. The second kappa shape index (κ2) is 7.69. The van der Waals surface area contributed by atoms with Gasteiger partial charge < -0.3 is 15.3 Å². The van der Waals surface area contributed by atoms with Crippen LogP contribution in [0.3, 0.4) is 0 Å². The van der Waals surface area contributed by atoms with Gasteiger partial charge in [0.15, 0.2) is 5.78 Å². The summed E-state index contributed by atoms with van der Waals surface area (Å²) in [6.45, 7) is 2.49. The van der Waals surface area contributed by atoms with Crippen molar-refractivity contribution in [3.8, 4) is 11.3 Å². The van der Waals surface area contributed by atoms with E-state index < -0.39 is 0 Å². The van der Waals surface area contributed by atoms with Gasteiger partial charge >= 0.3 is 0 Å². The van der Waals surface area contributed by atoms with E-state index in [0.29, 0.717) is 17.7 Å². The summed E-state index contributed by atoms with van der Waals surface area (Å²) in [5, 5.41) is 18.1. The molecule has 1 aromatic carbocycles. The summed E-state index contributed by atoms with van der Waals surface area (Å²) in [4.78, 5) is 19.7. The molecule has 7 heteroatoms. The van der Waals surface area contributed by atoms with Gasteiger partial charge in [-0.2, -0.15) is 5.10 Å². The molecule has 0 unspecified atom stereocenters. The number of nitrogens with zero attached hydrogens (tertiary/aromatic N) is 4. The molecule has 4 rings (SSSR count). The molecule has 0 saturated carbocycles. The molecule has 28 heavy (non-hydrogen) atoms. The number of carbonyl (C=O) groups is 1. The van der Waals surface area contributed by atoms with Crippen LogP contribution in [0.25, 0.3) is 22.2 Å². The van der Waals surface area contributed by atoms with Gasteiger partial charge in [0.05, 0.1) is 17.6 Å². The zero-order chi connectivity index (χ0) is 19.7. The topological polar surface area (TPSA) is 83.3 Å². The monoisotopic (exact) mass is 379 g/mol. The van der Waals surface area contributed by atoms with Gasteiger partial charge in [0.25, 0.3) is 0 Å². The number of aliphatic hydroxyl groups excluding tert-OH is 1. The molecule has 0 aliphatic heterocycles. The molecular formula is C21H25N5O2. The van der Waals surface area contributed by atoms with Crippen LogP contribution in [0.15, 0.2) is 30.6 Å². The molecule has 0 atom stereocenters. The van der Waals surface area contributed by atoms with Crippen LogP contribution < -0.4 is 5.32 Å². The van der Waals surface area contributed by atoms with E-state index in [1.54, 1.807) is 18.5 Å². The van der Waals surface area contributed by atoms with Crippen LogP contribution >= 0.6 is 0 Å². The second-order valence-corrected chi connectivity index (χ2v) is 7.37. The first-order valence-electron chi connectivity index (χ1n) is 9.64. The average molecular weight is 379 g/mol. The Bertz CT molecular complexity index is 1030. The number of fused-ring (bicyclic) bond motifs is 2. The molecule has 2 N–H and O–H groups in total. The Morgan fingerprint density at radius 3 is 2.82 bits per heavy atom. The van der Waals surface area contributed by atoms with Crippen molar-refractivity contribution in [3.63, 3.8) is 0 Å². The van der Waals surface area contributed by atoms with Crippen LogP contribution in [0.2, 0.25) is 0 Å². The largest absolute Gasteiger partial charge is 0.396 e. The van der Waals surface area contributed by atoms with E-state index in [0.717, 1.165) is 53.8 Å². The fraction of sp³-hybridized carbons (Fsp3) is 0.381. The summed E-state index contributed by atoms with van der Waals surface area (Å²) < 4.78 is 1.99. The van der Waals surface area contributed by atoms with Crippen molar-refractivity contribution in [2.24, 2.45) is 0 Å². The van der Waals surface area contributed by atoms with E-state index >= 15 is 0 Å². The van der Waals surface area contributed by atoms with Gasteiger partial charge in [-0.3, -0.25) is 14.5 Å². The number of ketones is 1. The number of benzene rings is 1. The molecule has 1 aliphatic carbocycles. The number of pyridine rings is 1. The number of unbranched alkanes of at least 4 members (excludes halogenated alkanes) is 1. The summed E-state index contributed by atoms with van der Waals surface area (Å²) in [6, 6.07) is 5.78. The summed E-state index contributed by atoms with van der Waals surface area (Å²) in [7, 11) is 4.07. The Balaban J connectivity index is 1.84. The molecule has 146 valence electrons. The Morgan fingerprint density at radius 2 is 2.04 bits per heavy atom. The maximum Gasteiger partial charge on any atom is 0.196 e. The third-order valence-electron chi connectivity index (χ3n) is 5.13. The summed E-state index contributed by atoms with van der Waals surface area (Å²) in [6.07, 6.45) is 4.97. The van der Waals surface area contributed by atoms with E-state index in [-0.39, 0.29) is 12.4 Å². The molecule has 2 heterocycles. The Labute approximate surface area is 164 Å². The number of hydrogen-bond donors (Lipinski definition) is 2. The molecule has 0 radical (unpaired) electrons. The molecule has 0 amide bonds. The van der Waals surface area contributed by atoms with Crippen LogP contribution in [0, 0.1) is 0 Å². The van der Waals surface area contributed by atoms with Gasteiger partial charge in [-0.1, -0.05) is 0 Å². The zero-order valence-corrected chi connectivity index (χ0v) is 16.3. The van der Waals surface area contributed by atoms with Crippen LogP contribution in [0.4, 0.5) is 5.69 Å². The minimum Gasteiger partial charge on any atom is -0.396 e. The van der Waals surface area contributed by atoms with Gasteiger partial charge in [-0.15, -0.1) is 0 Å². The molecule has 0 saturated heterocycles. The van der Waals surface area contributed by atoms with Gasteiger partial charge in [-0.05, 0) is 45.1 Å². The van der Waals surface area contributed by atoms with Gasteiger partial charge in [-0.25, -0.2) is 0 Å². The van der Waals surface area contributed by atoms with E-state index in [1.165, 1.54) is 0 Å². The normalized spacial score (nSPS) is 12.6. The van der Waals surface area contributed by atoms with Crippen molar-refractivity contribution < 1.29 is 9.90 Å². The van der Waals surface area contributed by atoms with E-state index in [1.807, 2.05) is 30.9 Å². The summed E-state index contributed by atoms with van der Waals surface area (Å²) in [5.41, 5.74) is 4.75. The summed E-state index contributed by atoms with van der Waals surface area (Å²) >= 11 is 0. The third kappa shape index (κ3) is 3.16. The molecule has 3 aromatic rings. The number of nitrogens with one attached hydrogen (secondary N) is 1. The first-order valence-corrected chi connectivity index (χ1v) is 9.64. The van der Waals surface area contributed by atoms with E-state index in [2.05, 4.69) is 15.2 Å². The van der Waals surface area contributed by atoms with Crippen molar-refractivity contribution in [1.29, 1.82) is 0 Å². The molecule has 7 nitrogen and oxygen atoms in total. The first kappa shape index (κ1) is 18.6. The maximum atomic E-state index is 13.3. The third-order valence-corrected chi connectivity index (χ3v) is 5.13.